The monoisotopic (exact) mass is 448 g/mol. The zero-order chi connectivity index (χ0) is 22.8. The summed E-state index contributed by atoms with van der Waals surface area (Å²) >= 11 is 0. The summed E-state index contributed by atoms with van der Waals surface area (Å²) in [5, 5.41) is 2.99. The molecule has 2 aromatic rings. The molecule has 7 nitrogen and oxygen atoms in total. The molecule has 0 radical (unpaired) electrons. The molecule has 172 valence electrons. The molecule has 1 N–H and O–H groups in total. The summed E-state index contributed by atoms with van der Waals surface area (Å²) in [4.78, 5) is 39.2. The molecule has 1 atom stereocenters. The smallest absolute Gasteiger partial charge is 0.261 e. The van der Waals surface area contributed by atoms with Crippen LogP contribution in [0.2, 0.25) is 0 Å². The Morgan fingerprint density at radius 1 is 0.909 bits per heavy atom. The van der Waals surface area contributed by atoms with E-state index in [9.17, 15) is 14.4 Å². The van der Waals surface area contributed by atoms with E-state index in [-0.39, 0.29) is 36.3 Å². The van der Waals surface area contributed by atoms with Gasteiger partial charge >= 0.3 is 0 Å². The fraction of sp³-hybridized carbons (Fsp3) is 0.423. The molecule has 1 aliphatic carbocycles. The van der Waals surface area contributed by atoms with E-state index in [1.807, 2.05) is 0 Å². The summed E-state index contributed by atoms with van der Waals surface area (Å²) in [6.45, 7) is 0.964. The van der Waals surface area contributed by atoms with E-state index >= 15 is 0 Å². The predicted molar refractivity (Wildman–Crippen MR) is 123 cm³/mol. The van der Waals surface area contributed by atoms with E-state index in [2.05, 4.69) is 5.32 Å². The molecule has 1 saturated heterocycles. The van der Waals surface area contributed by atoms with Gasteiger partial charge in [-0.2, -0.15) is 0 Å². The van der Waals surface area contributed by atoms with Crippen molar-refractivity contribution in [1.29, 1.82) is 0 Å². The van der Waals surface area contributed by atoms with Crippen LogP contribution in [0.3, 0.4) is 0 Å². The fourth-order valence-electron chi connectivity index (χ4n) is 4.84. The largest absolute Gasteiger partial charge is 0.457 e. The van der Waals surface area contributed by atoms with E-state index in [1.165, 1.54) is 11.3 Å². The maximum atomic E-state index is 12.8. The highest BCUT2D eigenvalue weighted by atomic mass is 16.5. The first-order valence-corrected chi connectivity index (χ1v) is 11.8. The number of carbonyl (C=O) groups excluding carboxylic acids is 3. The number of hydrogen-bond donors (Lipinski definition) is 1. The van der Waals surface area contributed by atoms with Gasteiger partial charge in [-0.3, -0.25) is 19.3 Å². The zero-order valence-electron chi connectivity index (χ0n) is 18.5. The molecule has 2 heterocycles. The minimum atomic E-state index is -0.309. The second-order valence-electron chi connectivity index (χ2n) is 9.01. The molecular formula is C26H28N2O5. The number of anilines is 1. The molecule has 2 aliphatic heterocycles. The average Bonchev–Trinajstić information content (AvgIpc) is 3.44. The molecular weight excluding hydrogens is 420 g/mol. The summed E-state index contributed by atoms with van der Waals surface area (Å²) in [7, 11) is 0. The highest BCUT2D eigenvalue weighted by molar-refractivity contribution is 6.21. The van der Waals surface area contributed by atoms with Crippen molar-refractivity contribution < 1.29 is 23.9 Å². The number of rotatable bonds is 6. The van der Waals surface area contributed by atoms with Gasteiger partial charge in [0.05, 0.1) is 23.8 Å². The molecule has 0 bridgehead atoms. The van der Waals surface area contributed by atoms with E-state index in [0.29, 0.717) is 29.2 Å². The van der Waals surface area contributed by atoms with Gasteiger partial charge in [-0.05, 0) is 68.1 Å². The van der Waals surface area contributed by atoms with Crippen LogP contribution in [0, 0.1) is 5.92 Å². The van der Waals surface area contributed by atoms with Gasteiger partial charge in [0.1, 0.15) is 11.5 Å². The number of imide groups is 1. The quantitative estimate of drug-likeness (QED) is 0.644. The van der Waals surface area contributed by atoms with Gasteiger partial charge < -0.3 is 14.8 Å². The van der Waals surface area contributed by atoms with Gasteiger partial charge in [0.2, 0.25) is 5.91 Å². The standard InChI is InChI=1S/C26H28N2O5/c29-24(17-5-2-1-3-6-17)27-18-8-10-19(11-9-18)33-20-12-13-22-23(15-20)26(31)28(25(22)30)16-21-7-4-14-32-21/h8-13,15,17,21H,1-7,14,16H2,(H,27,29). The van der Waals surface area contributed by atoms with E-state index < -0.39 is 0 Å². The Morgan fingerprint density at radius 2 is 1.64 bits per heavy atom. The first-order chi connectivity index (χ1) is 16.1. The second-order valence-corrected chi connectivity index (χ2v) is 9.01. The number of amides is 3. The molecule has 0 spiro atoms. The summed E-state index contributed by atoms with van der Waals surface area (Å²) in [6, 6.07) is 12.1. The van der Waals surface area contributed by atoms with Crippen molar-refractivity contribution in [2.24, 2.45) is 5.92 Å². The Morgan fingerprint density at radius 3 is 2.36 bits per heavy atom. The van der Waals surface area contributed by atoms with Crippen LogP contribution in [0.25, 0.3) is 0 Å². The Labute approximate surface area is 193 Å². The van der Waals surface area contributed by atoms with Crippen molar-refractivity contribution in [2.75, 3.05) is 18.5 Å². The van der Waals surface area contributed by atoms with Gasteiger partial charge in [-0.25, -0.2) is 0 Å². The highest BCUT2D eigenvalue weighted by Crippen LogP contribution is 2.31. The molecule has 2 aromatic carbocycles. The second kappa shape index (κ2) is 9.35. The third-order valence-corrected chi connectivity index (χ3v) is 6.69. The Hall–Kier alpha value is -3.19. The lowest BCUT2D eigenvalue weighted by atomic mass is 9.88. The highest BCUT2D eigenvalue weighted by Gasteiger charge is 2.37. The number of nitrogens with one attached hydrogen (secondary N) is 1. The van der Waals surface area contributed by atoms with Crippen LogP contribution >= 0.6 is 0 Å². The third kappa shape index (κ3) is 4.64. The van der Waals surface area contributed by atoms with Crippen molar-refractivity contribution in [3.8, 4) is 11.5 Å². The minimum absolute atomic E-state index is 0.0812. The number of benzene rings is 2. The zero-order valence-corrected chi connectivity index (χ0v) is 18.5. The van der Waals surface area contributed by atoms with E-state index in [1.54, 1.807) is 42.5 Å². The fourth-order valence-corrected chi connectivity index (χ4v) is 4.84. The molecule has 0 aromatic heterocycles. The van der Waals surface area contributed by atoms with Crippen LogP contribution in [0.15, 0.2) is 42.5 Å². The van der Waals surface area contributed by atoms with Gasteiger partial charge in [-0.1, -0.05) is 19.3 Å². The van der Waals surface area contributed by atoms with Crippen LogP contribution in [-0.2, 0) is 9.53 Å². The molecule has 3 aliphatic rings. The molecule has 3 amide bonds. The van der Waals surface area contributed by atoms with Gasteiger partial charge in [-0.15, -0.1) is 0 Å². The van der Waals surface area contributed by atoms with E-state index in [0.717, 1.165) is 44.2 Å². The minimum Gasteiger partial charge on any atom is -0.457 e. The molecule has 5 rings (SSSR count). The molecule has 7 heteroatoms. The molecule has 2 fully saturated rings. The van der Waals surface area contributed by atoms with Crippen molar-refractivity contribution >= 4 is 23.4 Å². The van der Waals surface area contributed by atoms with Crippen molar-refractivity contribution in [3.05, 3.63) is 53.6 Å². The van der Waals surface area contributed by atoms with Gasteiger partial charge in [0.15, 0.2) is 0 Å². The van der Waals surface area contributed by atoms with Gasteiger partial charge in [0.25, 0.3) is 11.8 Å². The lowest BCUT2D eigenvalue weighted by Gasteiger charge is -2.20. The SMILES string of the molecule is O=C(Nc1ccc(Oc2ccc3c(c2)C(=O)N(CC2CCCO2)C3=O)cc1)C1CCCCC1. The number of hydrogen-bond acceptors (Lipinski definition) is 5. The van der Waals surface area contributed by atoms with E-state index in [4.69, 9.17) is 9.47 Å². The number of fused-ring (bicyclic) bond motifs is 1. The Balaban J connectivity index is 1.23. The topological polar surface area (TPSA) is 84.9 Å². The first kappa shape index (κ1) is 21.6. The normalized spacial score (nSPS) is 20.7. The van der Waals surface area contributed by atoms with Crippen LogP contribution in [0.1, 0.15) is 65.7 Å². The summed E-state index contributed by atoms with van der Waals surface area (Å²) in [6.07, 6.45) is 7.09. The van der Waals surface area contributed by atoms with Crippen molar-refractivity contribution in [2.45, 2.75) is 51.0 Å². The Bertz CT molecular complexity index is 1050. The summed E-state index contributed by atoms with van der Waals surface area (Å²) < 4.78 is 11.5. The number of carbonyl (C=O) groups is 3. The maximum absolute atomic E-state index is 12.8. The number of nitrogens with zero attached hydrogens (tertiary/aromatic N) is 1. The predicted octanol–water partition coefficient (Wildman–Crippen LogP) is 4.77. The summed E-state index contributed by atoms with van der Waals surface area (Å²) in [5.41, 5.74) is 1.48. The molecule has 1 saturated carbocycles. The maximum Gasteiger partial charge on any atom is 0.261 e. The molecule has 33 heavy (non-hydrogen) atoms. The van der Waals surface area contributed by atoms with Crippen LogP contribution in [-0.4, -0.2) is 41.9 Å². The molecule has 1 unspecified atom stereocenters. The lowest BCUT2D eigenvalue weighted by Crippen LogP contribution is -2.36. The van der Waals surface area contributed by atoms with Gasteiger partial charge in [0, 0.05) is 18.2 Å². The third-order valence-electron chi connectivity index (χ3n) is 6.69. The van der Waals surface area contributed by atoms with Crippen molar-refractivity contribution in [1.82, 2.24) is 4.90 Å². The van der Waals surface area contributed by atoms with Crippen LogP contribution in [0.4, 0.5) is 5.69 Å². The average molecular weight is 449 g/mol. The number of ether oxygens (including phenoxy) is 2. The van der Waals surface area contributed by atoms with Crippen LogP contribution < -0.4 is 10.1 Å². The lowest BCUT2D eigenvalue weighted by molar-refractivity contribution is -0.120. The summed E-state index contributed by atoms with van der Waals surface area (Å²) in [5.74, 6) is 0.650. The van der Waals surface area contributed by atoms with Crippen LogP contribution in [0.5, 0.6) is 11.5 Å². The first-order valence-electron chi connectivity index (χ1n) is 11.8. The Kier molecular flexibility index (Phi) is 6.13. The van der Waals surface area contributed by atoms with Crippen molar-refractivity contribution in [3.63, 3.8) is 0 Å².